The monoisotopic (exact) mass is 351 g/mol. The van der Waals surface area contributed by atoms with Crippen molar-refractivity contribution in [3.05, 3.63) is 71.3 Å². The summed E-state index contributed by atoms with van der Waals surface area (Å²) in [5.41, 5.74) is 0.665. The molecular formula is C19H20F3NO2. The number of carbonyl (C=O) groups is 1. The maximum atomic E-state index is 12.7. The Kier molecular flexibility index (Phi) is 6.58. The van der Waals surface area contributed by atoms with Crippen molar-refractivity contribution in [1.82, 2.24) is 5.32 Å². The number of halogens is 3. The molecule has 0 saturated carbocycles. The minimum absolute atomic E-state index is 0.477. The van der Waals surface area contributed by atoms with Gasteiger partial charge in [-0.05, 0) is 43.0 Å². The van der Waals surface area contributed by atoms with Crippen molar-refractivity contribution < 1.29 is 23.1 Å². The highest BCUT2D eigenvalue weighted by molar-refractivity contribution is 5.75. The number of nitrogens with one attached hydrogen (secondary N) is 1. The van der Waals surface area contributed by atoms with Crippen molar-refractivity contribution in [2.75, 3.05) is 6.54 Å². The Morgan fingerprint density at radius 2 is 1.76 bits per heavy atom. The summed E-state index contributed by atoms with van der Waals surface area (Å²) in [4.78, 5) is 11.3. The lowest BCUT2D eigenvalue weighted by molar-refractivity contribution is -0.140. The molecule has 0 heterocycles. The van der Waals surface area contributed by atoms with Crippen molar-refractivity contribution in [2.24, 2.45) is 0 Å². The summed E-state index contributed by atoms with van der Waals surface area (Å²) >= 11 is 0. The van der Waals surface area contributed by atoms with Gasteiger partial charge in [-0.1, -0.05) is 48.5 Å². The Bertz CT molecular complexity index is 687. The molecule has 2 rings (SSSR count). The van der Waals surface area contributed by atoms with Crippen LogP contribution >= 0.6 is 0 Å². The molecular weight excluding hydrogens is 331 g/mol. The van der Waals surface area contributed by atoms with E-state index in [1.165, 1.54) is 6.07 Å². The van der Waals surface area contributed by atoms with Crippen LogP contribution in [0.2, 0.25) is 0 Å². The molecule has 0 aromatic heterocycles. The fraction of sp³-hybridized carbons (Fsp3) is 0.316. The van der Waals surface area contributed by atoms with Crippen LogP contribution in [0.1, 0.15) is 35.6 Å². The predicted octanol–water partition coefficient (Wildman–Crippen LogP) is 4.44. The number of benzene rings is 2. The molecule has 2 aromatic carbocycles. The lowest BCUT2D eigenvalue weighted by atomic mass is 10.0. The lowest BCUT2D eigenvalue weighted by Crippen LogP contribution is -2.29. The minimum Gasteiger partial charge on any atom is -0.480 e. The summed E-state index contributed by atoms with van der Waals surface area (Å²) in [5.74, 6) is -0.955. The number of aliphatic carboxylic acids is 1. The standard InChI is InChI=1S/C19H20F3NO2/c20-19(21,22)16-11-6-8-14(13-16)7-4-5-12-23-17(18(24)25)15-9-2-1-3-10-15/h1-3,6,8-11,13,17,23H,4-5,7,12H2,(H,24,25)/t17-/m1/s1. The van der Waals surface area contributed by atoms with Crippen LogP contribution in [0, 0.1) is 0 Å². The van der Waals surface area contributed by atoms with E-state index in [9.17, 15) is 23.1 Å². The van der Waals surface area contributed by atoms with Crippen molar-refractivity contribution in [2.45, 2.75) is 31.5 Å². The van der Waals surface area contributed by atoms with E-state index in [1.54, 1.807) is 30.3 Å². The van der Waals surface area contributed by atoms with E-state index in [-0.39, 0.29) is 0 Å². The summed E-state index contributed by atoms with van der Waals surface area (Å²) in [6.45, 7) is 0.477. The summed E-state index contributed by atoms with van der Waals surface area (Å²) < 4.78 is 38.0. The van der Waals surface area contributed by atoms with Gasteiger partial charge < -0.3 is 10.4 Å². The Morgan fingerprint density at radius 3 is 2.40 bits per heavy atom. The molecule has 0 unspecified atom stereocenters. The van der Waals surface area contributed by atoms with Crippen LogP contribution in [0.15, 0.2) is 54.6 Å². The number of alkyl halides is 3. The number of carboxylic acid groups (broad SMARTS) is 1. The highest BCUT2D eigenvalue weighted by Gasteiger charge is 2.30. The van der Waals surface area contributed by atoms with Crippen LogP contribution in [-0.2, 0) is 17.4 Å². The van der Waals surface area contributed by atoms with E-state index in [0.29, 0.717) is 36.9 Å². The number of rotatable bonds is 8. The van der Waals surface area contributed by atoms with Crippen LogP contribution in [0.4, 0.5) is 13.2 Å². The summed E-state index contributed by atoms with van der Waals surface area (Å²) in [6, 6.07) is 13.4. The molecule has 25 heavy (non-hydrogen) atoms. The Hall–Kier alpha value is -2.34. The molecule has 0 aliphatic heterocycles. The molecule has 0 radical (unpaired) electrons. The third-order valence-corrected chi connectivity index (χ3v) is 3.87. The Morgan fingerprint density at radius 1 is 1.04 bits per heavy atom. The fourth-order valence-electron chi connectivity index (χ4n) is 2.60. The molecule has 0 saturated heterocycles. The second-order valence-electron chi connectivity index (χ2n) is 5.79. The van der Waals surface area contributed by atoms with Gasteiger partial charge in [-0.3, -0.25) is 4.79 Å². The van der Waals surface area contributed by atoms with E-state index >= 15 is 0 Å². The molecule has 0 spiro atoms. The normalized spacial score (nSPS) is 12.8. The summed E-state index contributed by atoms with van der Waals surface area (Å²) in [5, 5.41) is 12.3. The van der Waals surface area contributed by atoms with Gasteiger partial charge in [-0.15, -0.1) is 0 Å². The molecule has 6 heteroatoms. The molecule has 134 valence electrons. The quantitative estimate of drug-likeness (QED) is 0.691. The molecule has 1 atom stereocenters. The second-order valence-corrected chi connectivity index (χ2v) is 5.79. The van der Waals surface area contributed by atoms with Gasteiger partial charge in [0.05, 0.1) is 5.56 Å². The second kappa shape index (κ2) is 8.67. The van der Waals surface area contributed by atoms with E-state index in [1.807, 2.05) is 6.07 Å². The van der Waals surface area contributed by atoms with Gasteiger partial charge in [0, 0.05) is 0 Å². The molecule has 2 aromatic rings. The highest BCUT2D eigenvalue weighted by Crippen LogP contribution is 2.29. The zero-order valence-electron chi connectivity index (χ0n) is 13.6. The van der Waals surface area contributed by atoms with Crippen molar-refractivity contribution >= 4 is 5.97 Å². The Labute approximate surface area is 144 Å². The van der Waals surface area contributed by atoms with Gasteiger partial charge >= 0.3 is 12.1 Å². The van der Waals surface area contributed by atoms with Crippen LogP contribution in [0.3, 0.4) is 0 Å². The highest BCUT2D eigenvalue weighted by atomic mass is 19.4. The lowest BCUT2D eigenvalue weighted by Gasteiger charge is -2.14. The molecule has 0 amide bonds. The maximum absolute atomic E-state index is 12.7. The molecule has 3 nitrogen and oxygen atoms in total. The number of unbranched alkanes of at least 4 members (excludes halogenated alkanes) is 1. The first-order chi connectivity index (χ1) is 11.9. The van der Waals surface area contributed by atoms with Crippen LogP contribution in [0.5, 0.6) is 0 Å². The van der Waals surface area contributed by atoms with E-state index in [4.69, 9.17) is 0 Å². The maximum Gasteiger partial charge on any atom is 0.416 e. The smallest absolute Gasteiger partial charge is 0.416 e. The van der Waals surface area contributed by atoms with Gasteiger partial charge in [0.1, 0.15) is 6.04 Å². The first-order valence-corrected chi connectivity index (χ1v) is 8.05. The number of hydrogen-bond acceptors (Lipinski definition) is 2. The molecule has 0 bridgehead atoms. The third kappa shape index (κ3) is 5.90. The number of carboxylic acids is 1. The van der Waals surface area contributed by atoms with E-state index < -0.39 is 23.8 Å². The Balaban J connectivity index is 1.80. The van der Waals surface area contributed by atoms with E-state index in [2.05, 4.69) is 5.32 Å². The van der Waals surface area contributed by atoms with Crippen molar-refractivity contribution in [3.63, 3.8) is 0 Å². The average Bonchev–Trinajstić information content (AvgIpc) is 2.58. The number of hydrogen-bond donors (Lipinski definition) is 2. The van der Waals surface area contributed by atoms with Crippen LogP contribution in [-0.4, -0.2) is 17.6 Å². The molecule has 0 fully saturated rings. The number of aryl methyl sites for hydroxylation is 1. The fourth-order valence-corrected chi connectivity index (χ4v) is 2.60. The van der Waals surface area contributed by atoms with Gasteiger partial charge in [-0.2, -0.15) is 13.2 Å². The van der Waals surface area contributed by atoms with Gasteiger partial charge in [-0.25, -0.2) is 0 Å². The molecule has 0 aliphatic carbocycles. The average molecular weight is 351 g/mol. The topological polar surface area (TPSA) is 49.3 Å². The van der Waals surface area contributed by atoms with Crippen molar-refractivity contribution in [1.29, 1.82) is 0 Å². The summed E-state index contributed by atoms with van der Waals surface area (Å²) in [7, 11) is 0. The molecule has 2 N–H and O–H groups in total. The zero-order chi connectivity index (χ0) is 18.3. The largest absolute Gasteiger partial charge is 0.480 e. The predicted molar refractivity (Wildman–Crippen MR) is 89.2 cm³/mol. The summed E-state index contributed by atoms with van der Waals surface area (Å²) in [6.07, 6.45) is -2.46. The van der Waals surface area contributed by atoms with Crippen LogP contribution in [0.25, 0.3) is 0 Å². The van der Waals surface area contributed by atoms with Gasteiger partial charge in [0.2, 0.25) is 0 Å². The van der Waals surface area contributed by atoms with Gasteiger partial charge in [0.25, 0.3) is 0 Å². The first kappa shape index (κ1) is 19.0. The third-order valence-electron chi connectivity index (χ3n) is 3.87. The first-order valence-electron chi connectivity index (χ1n) is 8.05. The van der Waals surface area contributed by atoms with Gasteiger partial charge in [0.15, 0.2) is 0 Å². The minimum atomic E-state index is -4.33. The van der Waals surface area contributed by atoms with E-state index in [0.717, 1.165) is 12.1 Å². The molecule has 0 aliphatic rings. The SMILES string of the molecule is O=C(O)[C@H](NCCCCc1cccc(C(F)(F)F)c1)c1ccccc1. The van der Waals surface area contributed by atoms with Crippen LogP contribution < -0.4 is 5.32 Å². The zero-order valence-corrected chi connectivity index (χ0v) is 13.6. The van der Waals surface area contributed by atoms with Crippen molar-refractivity contribution in [3.8, 4) is 0 Å².